The Morgan fingerprint density at radius 1 is 1.43 bits per heavy atom. The van der Waals surface area contributed by atoms with Crippen LogP contribution < -0.4 is 9.47 Å². The maximum Gasteiger partial charge on any atom is 0.161 e. The Bertz CT molecular complexity index is 318. The summed E-state index contributed by atoms with van der Waals surface area (Å²) < 4.78 is 15.9. The Morgan fingerprint density at radius 2 is 2.21 bits per heavy atom. The van der Waals surface area contributed by atoms with Crippen molar-refractivity contribution < 1.29 is 14.2 Å². The molecule has 1 aromatic carbocycles. The Kier molecular flexibility index (Phi) is 2.59. The topological polar surface area (TPSA) is 31.0 Å². The van der Waals surface area contributed by atoms with Crippen molar-refractivity contribution in [1.82, 2.24) is 0 Å². The molecule has 0 aliphatic carbocycles. The van der Waals surface area contributed by atoms with Crippen LogP contribution in [0.5, 0.6) is 11.5 Å². The molecule has 1 atom stereocenters. The molecular weight excluding hydrogens is 180 g/mol. The number of benzene rings is 1. The van der Waals surface area contributed by atoms with Gasteiger partial charge >= 0.3 is 0 Å². The van der Waals surface area contributed by atoms with E-state index in [-0.39, 0.29) is 6.10 Å². The van der Waals surface area contributed by atoms with Crippen LogP contribution in [0, 0.1) is 0 Å². The minimum absolute atomic E-state index is 0.264. The van der Waals surface area contributed by atoms with E-state index in [1.165, 1.54) is 0 Å². The number of methoxy groups -OCH3 is 1. The van der Waals surface area contributed by atoms with Crippen molar-refractivity contribution in [3.63, 3.8) is 0 Å². The van der Waals surface area contributed by atoms with Crippen molar-refractivity contribution in [2.45, 2.75) is 13.0 Å². The van der Waals surface area contributed by atoms with Crippen LogP contribution >= 0.6 is 0 Å². The van der Waals surface area contributed by atoms with E-state index in [2.05, 4.69) is 0 Å². The fourth-order valence-electron chi connectivity index (χ4n) is 1.40. The van der Waals surface area contributed by atoms with E-state index >= 15 is 0 Å². The van der Waals surface area contributed by atoms with E-state index in [9.17, 15) is 0 Å². The Morgan fingerprint density at radius 3 is 2.79 bits per heavy atom. The highest BCUT2D eigenvalue weighted by molar-refractivity contribution is 5.44. The molecule has 2 rings (SSSR count). The highest BCUT2D eigenvalue weighted by Crippen LogP contribution is 2.36. The zero-order chi connectivity index (χ0) is 9.97. The largest absolute Gasteiger partial charge is 0.493 e. The lowest BCUT2D eigenvalue weighted by Gasteiger charge is -2.09. The average molecular weight is 194 g/mol. The van der Waals surface area contributed by atoms with Gasteiger partial charge in [-0.1, -0.05) is 6.07 Å². The second-order valence-electron chi connectivity index (χ2n) is 3.17. The molecule has 1 fully saturated rings. The molecule has 14 heavy (non-hydrogen) atoms. The second kappa shape index (κ2) is 3.88. The Labute approximate surface area is 83.6 Å². The first-order valence-corrected chi connectivity index (χ1v) is 4.77. The monoisotopic (exact) mass is 194 g/mol. The molecule has 0 saturated carbocycles. The molecule has 0 N–H and O–H groups in total. The van der Waals surface area contributed by atoms with Gasteiger partial charge in [0.2, 0.25) is 0 Å². The van der Waals surface area contributed by atoms with E-state index < -0.39 is 0 Å². The van der Waals surface area contributed by atoms with Gasteiger partial charge in [0.25, 0.3) is 0 Å². The third-order valence-corrected chi connectivity index (χ3v) is 2.19. The number of hydrogen-bond donors (Lipinski definition) is 0. The molecule has 1 aliphatic rings. The van der Waals surface area contributed by atoms with E-state index in [1.54, 1.807) is 7.11 Å². The third kappa shape index (κ3) is 1.82. The minimum Gasteiger partial charge on any atom is -0.493 e. The summed E-state index contributed by atoms with van der Waals surface area (Å²) in [7, 11) is 1.64. The van der Waals surface area contributed by atoms with Crippen molar-refractivity contribution in [3.05, 3.63) is 23.8 Å². The summed E-state index contributed by atoms with van der Waals surface area (Å²) in [6, 6.07) is 5.92. The predicted molar refractivity (Wildman–Crippen MR) is 52.9 cm³/mol. The summed E-state index contributed by atoms with van der Waals surface area (Å²) in [6.45, 7) is 3.42. The van der Waals surface area contributed by atoms with E-state index in [1.807, 2.05) is 25.1 Å². The molecule has 1 unspecified atom stereocenters. The zero-order valence-electron chi connectivity index (χ0n) is 8.45. The fourth-order valence-corrected chi connectivity index (χ4v) is 1.40. The first-order valence-electron chi connectivity index (χ1n) is 4.77. The first kappa shape index (κ1) is 9.34. The number of ether oxygens (including phenoxy) is 3. The molecular formula is C11H14O3. The van der Waals surface area contributed by atoms with Crippen LogP contribution in [-0.4, -0.2) is 20.3 Å². The maximum absolute atomic E-state index is 5.47. The molecule has 1 heterocycles. The molecule has 0 bridgehead atoms. The van der Waals surface area contributed by atoms with Gasteiger partial charge in [0.05, 0.1) is 20.3 Å². The van der Waals surface area contributed by atoms with Gasteiger partial charge in [0.1, 0.15) is 6.10 Å². The summed E-state index contributed by atoms with van der Waals surface area (Å²) in [5.41, 5.74) is 1.16. The van der Waals surface area contributed by atoms with Crippen LogP contribution in [0.3, 0.4) is 0 Å². The molecule has 1 saturated heterocycles. The van der Waals surface area contributed by atoms with Gasteiger partial charge in [-0.25, -0.2) is 0 Å². The van der Waals surface area contributed by atoms with Gasteiger partial charge < -0.3 is 14.2 Å². The molecule has 0 radical (unpaired) electrons. The van der Waals surface area contributed by atoms with Crippen molar-refractivity contribution in [2.75, 3.05) is 20.3 Å². The summed E-state index contributed by atoms with van der Waals surface area (Å²) in [4.78, 5) is 0. The normalized spacial score (nSPS) is 19.1. The van der Waals surface area contributed by atoms with Crippen molar-refractivity contribution in [2.24, 2.45) is 0 Å². The zero-order valence-corrected chi connectivity index (χ0v) is 8.45. The smallest absolute Gasteiger partial charge is 0.161 e. The number of epoxide rings is 1. The molecule has 76 valence electrons. The van der Waals surface area contributed by atoms with Crippen molar-refractivity contribution in [1.29, 1.82) is 0 Å². The minimum atomic E-state index is 0.264. The van der Waals surface area contributed by atoms with Gasteiger partial charge in [0, 0.05) is 0 Å². The van der Waals surface area contributed by atoms with Crippen LogP contribution in [0.2, 0.25) is 0 Å². The first-order chi connectivity index (χ1) is 6.85. The fraction of sp³-hybridized carbons (Fsp3) is 0.455. The molecule has 3 heteroatoms. The standard InChI is InChI=1S/C11H14O3/c1-3-13-10-6-8(11-7-14-11)4-5-9(10)12-2/h4-6,11H,3,7H2,1-2H3. The molecule has 0 amide bonds. The van der Waals surface area contributed by atoms with Crippen LogP contribution in [-0.2, 0) is 4.74 Å². The Balaban J connectivity index is 2.26. The number of rotatable bonds is 4. The number of hydrogen-bond acceptors (Lipinski definition) is 3. The SMILES string of the molecule is CCOc1cc(C2CO2)ccc1OC. The summed E-state index contributed by atoms with van der Waals surface area (Å²) in [6.07, 6.45) is 0.264. The van der Waals surface area contributed by atoms with Gasteiger partial charge in [-0.05, 0) is 24.6 Å². The maximum atomic E-state index is 5.47. The van der Waals surface area contributed by atoms with Crippen LogP contribution in [0.4, 0.5) is 0 Å². The second-order valence-corrected chi connectivity index (χ2v) is 3.17. The third-order valence-electron chi connectivity index (χ3n) is 2.19. The lowest BCUT2D eigenvalue weighted by molar-refractivity contribution is 0.310. The summed E-state index contributed by atoms with van der Waals surface area (Å²) in [5.74, 6) is 1.57. The van der Waals surface area contributed by atoms with Gasteiger partial charge in [-0.15, -0.1) is 0 Å². The van der Waals surface area contributed by atoms with Crippen LogP contribution in [0.25, 0.3) is 0 Å². The highest BCUT2D eigenvalue weighted by atomic mass is 16.6. The van der Waals surface area contributed by atoms with Crippen molar-refractivity contribution >= 4 is 0 Å². The predicted octanol–water partition coefficient (Wildman–Crippen LogP) is 2.17. The lowest BCUT2D eigenvalue weighted by atomic mass is 10.1. The van der Waals surface area contributed by atoms with Crippen LogP contribution in [0.1, 0.15) is 18.6 Å². The molecule has 1 aromatic rings. The van der Waals surface area contributed by atoms with Crippen molar-refractivity contribution in [3.8, 4) is 11.5 Å². The summed E-state index contributed by atoms with van der Waals surface area (Å²) in [5, 5.41) is 0. The van der Waals surface area contributed by atoms with E-state index in [0.717, 1.165) is 23.7 Å². The van der Waals surface area contributed by atoms with Gasteiger partial charge in [0.15, 0.2) is 11.5 Å². The van der Waals surface area contributed by atoms with Gasteiger partial charge in [-0.3, -0.25) is 0 Å². The molecule has 0 aromatic heterocycles. The molecule has 1 aliphatic heterocycles. The highest BCUT2D eigenvalue weighted by Gasteiger charge is 2.25. The van der Waals surface area contributed by atoms with Crippen LogP contribution in [0.15, 0.2) is 18.2 Å². The quantitative estimate of drug-likeness (QED) is 0.688. The van der Waals surface area contributed by atoms with E-state index in [0.29, 0.717) is 6.61 Å². The molecule has 0 spiro atoms. The summed E-state index contributed by atoms with van der Waals surface area (Å²) >= 11 is 0. The van der Waals surface area contributed by atoms with Gasteiger partial charge in [-0.2, -0.15) is 0 Å². The molecule has 3 nitrogen and oxygen atoms in total. The van der Waals surface area contributed by atoms with E-state index in [4.69, 9.17) is 14.2 Å². The average Bonchev–Trinajstić information content (AvgIpc) is 3.01. The Hall–Kier alpha value is -1.22. The lowest BCUT2D eigenvalue weighted by Crippen LogP contribution is -1.96.